The molecule has 0 radical (unpaired) electrons. The van der Waals surface area contributed by atoms with Crippen LogP contribution in [0.1, 0.15) is 23.1 Å². The molecule has 6 nitrogen and oxygen atoms in total. The highest BCUT2D eigenvalue weighted by molar-refractivity contribution is 6.43. The third kappa shape index (κ3) is 3.29. The molecule has 138 valence electrons. The van der Waals surface area contributed by atoms with E-state index in [-0.39, 0.29) is 17.0 Å². The summed E-state index contributed by atoms with van der Waals surface area (Å²) in [6, 6.07) is 8.39. The summed E-state index contributed by atoms with van der Waals surface area (Å²) in [4.78, 5) is 19.0. The largest absolute Gasteiger partial charge is 0.327 e. The molecular formula is C18H14Cl3N5O. The van der Waals surface area contributed by atoms with E-state index in [1.807, 2.05) is 11.5 Å². The number of aromatic nitrogens is 4. The van der Waals surface area contributed by atoms with Crippen molar-refractivity contribution >= 4 is 40.7 Å². The maximum Gasteiger partial charge on any atom is 0.256 e. The Hall–Kier alpha value is -2.15. The Bertz CT molecular complexity index is 1040. The number of nitrogens with zero attached hydrogens (tertiary/aromatic N) is 5. The Morgan fingerprint density at radius 1 is 1.19 bits per heavy atom. The molecule has 0 saturated carbocycles. The van der Waals surface area contributed by atoms with Crippen LogP contribution in [0.3, 0.4) is 0 Å². The van der Waals surface area contributed by atoms with Gasteiger partial charge in [0.25, 0.3) is 5.91 Å². The summed E-state index contributed by atoms with van der Waals surface area (Å²) in [6.07, 6.45) is 1.63. The van der Waals surface area contributed by atoms with Gasteiger partial charge in [0.2, 0.25) is 0 Å². The first-order valence-electron chi connectivity index (χ1n) is 8.24. The minimum atomic E-state index is -0.188. The van der Waals surface area contributed by atoms with E-state index in [1.54, 1.807) is 41.4 Å². The van der Waals surface area contributed by atoms with Gasteiger partial charge in [-0.1, -0.05) is 40.9 Å². The van der Waals surface area contributed by atoms with E-state index >= 15 is 0 Å². The quantitative estimate of drug-likeness (QED) is 0.616. The van der Waals surface area contributed by atoms with Crippen LogP contribution in [0.4, 0.5) is 0 Å². The van der Waals surface area contributed by atoms with Gasteiger partial charge in [0, 0.05) is 23.8 Å². The van der Waals surface area contributed by atoms with E-state index in [4.69, 9.17) is 34.8 Å². The summed E-state index contributed by atoms with van der Waals surface area (Å²) in [5.41, 5.74) is 1.02. The van der Waals surface area contributed by atoms with Gasteiger partial charge < -0.3 is 9.47 Å². The zero-order valence-corrected chi connectivity index (χ0v) is 16.5. The average Bonchev–Trinajstić information content (AvgIpc) is 3.05. The first kappa shape index (κ1) is 18.2. The number of amides is 1. The molecule has 0 fully saturated rings. The van der Waals surface area contributed by atoms with E-state index in [9.17, 15) is 4.79 Å². The molecule has 9 heteroatoms. The standard InChI is InChI=1S/C18H14Cl3N5O/c1-10-8-26-15(23-24-17(26)14-7-11(19)5-6-22-14)9-25(10)18(27)12-3-2-4-13(20)16(12)21/h2-7,10H,8-9H2,1H3. The van der Waals surface area contributed by atoms with Crippen LogP contribution < -0.4 is 0 Å². The number of halogens is 3. The number of rotatable bonds is 2. The molecule has 2 aromatic heterocycles. The van der Waals surface area contributed by atoms with Gasteiger partial charge >= 0.3 is 0 Å². The third-order valence-electron chi connectivity index (χ3n) is 4.51. The summed E-state index contributed by atoms with van der Waals surface area (Å²) in [7, 11) is 0. The van der Waals surface area contributed by atoms with Crippen LogP contribution in [-0.4, -0.2) is 36.6 Å². The molecular weight excluding hydrogens is 409 g/mol. The van der Waals surface area contributed by atoms with Gasteiger partial charge in [-0.25, -0.2) is 0 Å². The average molecular weight is 423 g/mol. The van der Waals surface area contributed by atoms with Crippen LogP contribution in [0.25, 0.3) is 11.5 Å². The van der Waals surface area contributed by atoms with Crippen molar-refractivity contribution in [1.82, 2.24) is 24.6 Å². The lowest BCUT2D eigenvalue weighted by Gasteiger charge is -2.34. The van der Waals surface area contributed by atoms with E-state index in [2.05, 4.69) is 15.2 Å². The molecule has 3 aromatic rings. The summed E-state index contributed by atoms with van der Waals surface area (Å²) >= 11 is 18.3. The highest BCUT2D eigenvalue weighted by Crippen LogP contribution is 2.30. The fraction of sp³-hybridized carbons (Fsp3) is 0.222. The summed E-state index contributed by atoms with van der Waals surface area (Å²) in [5.74, 6) is 1.12. The number of benzene rings is 1. The molecule has 1 unspecified atom stereocenters. The monoisotopic (exact) mass is 421 g/mol. The number of carbonyl (C=O) groups excluding carboxylic acids is 1. The maximum absolute atomic E-state index is 13.0. The van der Waals surface area contributed by atoms with Gasteiger partial charge in [-0.3, -0.25) is 9.78 Å². The molecule has 1 atom stereocenters. The zero-order valence-electron chi connectivity index (χ0n) is 14.2. The molecule has 27 heavy (non-hydrogen) atoms. The van der Waals surface area contributed by atoms with Gasteiger partial charge in [-0.15, -0.1) is 10.2 Å². The molecule has 1 aliphatic rings. The van der Waals surface area contributed by atoms with Crippen molar-refractivity contribution < 1.29 is 4.79 Å². The molecule has 1 aromatic carbocycles. The van der Waals surface area contributed by atoms with Crippen LogP contribution >= 0.6 is 34.8 Å². The van der Waals surface area contributed by atoms with Crippen LogP contribution in [0.15, 0.2) is 36.5 Å². The SMILES string of the molecule is CC1Cn2c(nnc2-c2cc(Cl)ccn2)CN1C(=O)c1cccc(Cl)c1Cl. The Labute approximate surface area is 170 Å². The minimum absolute atomic E-state index is 0.0889. The second-order valence-corrected chi connectivity index (χ2v) is 7.51. The van der Waals surface area contributed by atoms with Gasteiger partial charge in [0.15, 0.2) is 11.6 Å². The van der Waals surface area contributed by atoms with Crippen molar-refractivity contribution in [3.8, 4) is 11.5 Å². The van der Waals surface area contributed by atoms with E-state index in [1.165, 1.54) is 0 Å². The molecule has 1 amide bonds. The van der Waals surface area contributed by atoms with Crippen LogP contribution in [0.5, 0.6) is 0 Å². The number of hydrogen-bond donors (Lipinski definition) is 0. The lowest BCUT2D eigenvalue weighted by Crippen LogP contribution is -2.45. The summed E-state index contributed by atoms with van der Waals surface area (Å²) in [5, 5.41) is 9.67. The van der Waals surface area contributed by atoms with Crippen molar-refractivity contribution in [2.24, 2.45) is 0 Å². The van der Waals surface area contributed by atoms with Gasteiger partial charge in [-0.2, -0.15) is 0 Å². The van der Waals surface area contributed by atoms with E-state index in [0.717, 1.165) is 0 Å². The fourth-order valence-corrected chi connectivity index (χ4v) is 3.67. The second kappa shape index (κ2) is 7.11. The first-order valence-corrected chi connectivity index (χ1v) is 9.38. The van der Waals surface area contributed by atoms with Crippen molar-refractivity contribution in [3.63, 3.8) is 0 Å². The number of fused-ring (bicyclic) bond motifs is 1. The Balaban J connectivity index is 1.67. The number of carbonyl (C=O) groups is 1. The molecule has 3 heterocycles. The minimum Gasteiger partial charge on any atom is -0.327 e. The van der Waals surface area contributed by atoms with Crippen molar-refractivity contribution in [1.29, 1.82) is 0 Å². The Kier molecular flexibility index (Phi) is 4.80. The van der Waals surface area contributed by atoms with Crippen LogP contribution in [0.2, 0.25) is 15.1 Å². The maximum atomic E-state index is 13.0. The molecule has 4 rings (SSSR count). The molecule has 0 spiro atoms. The Morgan fingerprint density at radius 3 is 2.78 bits per heavy atom. The van der Waals surface area contributed by atoms with E-state index < -0.39 is 0 Å². The molecule has 0 saturated heterocycles. The third-order valence-corrected chi connectivity index (χ3v) is 5.57. The van der Waals surface area contributed by atoms with Crippen molar-refractivity contribution in [2.45, 2.75) is 26.1 Å². The fourth-order valence-electron chi connectivity index (χ4n) is 3.13. The van der Waals surface area contributed by atoms with Crippen molar-refractivity contribution in [2.75, 3.05) is 0 Å². The predicted octanol–water partition coefficient (Wildman–Crippen LogP) is 4.34. The summed E-state index contributed by atoms with van der Waals surface area (Å²) < 4.78 is 1.96. The zero-order chi connectivity index (χ0) is 19.1. The summed E-state index contributed by atoms with van der Waals surface area (Å²) in [6.45, 7) is 2.82. The highest BCUT2D eigenvalue weighted by atomic mass is 35.5. The van der Waals surface area contributed by atoms with Crippen LogP contribution in [0, 0.1) is 0 Å². The Morgan fingerprint density at radius 2 is 2.00 bits per heavy atom. The van der Waals surface area contributed by atoms with Gasteiger partial charge in [-0.05, 0) is 31.2 Å². The van der Waals surface area contributed by atoms with Crippen LogP contribution in [-0.2, 0) is 13.1 Å². The number of pyridine rings is 1. The smallest absolute Gasteiger partial charge is 0.256 e. The lowest BCUT2D eigenvalue weighted by molar-refractivity contribution is 0.0612. The first-order chi connectivity index (χ1) is 13.0. The topological polar surface area (TPSA) is 63.9 Å². The van der Waals surface area contributed by atoms with Gasteiger partial charge in [0.1, 0.15) is 5.69 Å². The predicted molar refractivity (Wildman–Crippen MR) is 104 cm³/mol. The molecule has 0 bridgehead atoms. The lowest BCUT2D eigenvalue weighted by atomic mass is 10.1. The normalized spacial score (nSPS) is 16.3. The highest BCUT2D eigenvalue weighted by Gasteiger charge is 2.32. The second-order valence-electron chi connectivity index (χ2n) is 6.29. The molecule has 1 aliphatic heterocycles. The molecule has 0 aliphatic carbocycles. The van der Waals surface area contributed by atoms with Gasteiger partial charge in [0.05, 0.1) is 22.2 Å². The van der Waals surface area contributed by atoms with E-state index in [0.29, 0.717) is 46.0 Å². The molecule has 0 N–H and O–H groups in total. The number of hydrogen-bond acceptors (Lipinski definition) is 4. The van der Waals surface area contributed by atoms with Crippen molar-refractivity contribution in [3.05, 3.63) is 63.0 Å².